The van der Waals surface area contributed by atoms with Crippen LogP contribution < -0.4 is 29.7 Å². The van der Waals surface area contributed by atoms with Gasteiger partial charge in [0.25, 0.3) is 0 Å². The van der Waals surface area contributed by atoms with Crippen molar-refractivity contribution in [3.8, 4) is 17.2 Å². The summed E-state index contributed by atoms with van der Waals surface area (Å²) < 4.78 is 41.0. The molecule has 1 aromatic heterocycles. The fraction of sp³-hybridized carbons (Fsp3) is 0.455. The molecule has 0 atom stereocenters. The number of nitrogens with zero attached hydrogens (tertiary/aromatic N) is 3. The number of benzene rings is 1. The van der Waals surface area contributed by atoms with E-state index in [1.807, 2.05) is 13.0 Å². The van der Waals surface area contributed by atoms with Gasteiger partial charge in [0.2, 0.25) is 6.79 Å². The first-order valence-electron chi connectivity index (χ1n) is 10.7. The molecule has 33 heavy (non-hydrogen) atoms. The van der Waals surface area contributed by atoms with Gasteiger partial charge >= 0.3 is 6.61 Å². The number of alkyl halides is 2. The number of hydrogen-bond donors (Lipinski definition) is 2. The number of nitrogens with one attached hydrogen (secondary N) is 2. The van der Waals surface area contributed by atoms with Gasteiger partial charge in [-0.15, -0.1) is 24.0 Å². The van der Waals surface area contributed by atoms with Crippen LogP contribution in [0.25, 0.3) is 0 Å². The average Bonchev–Trinajstić information content (AvgIpc) is 3.47. The SMILES string of the molecule is CCNC(=NCc1ccnc(N2CCCC2)c1)NCc1cc2c(cc1OC(F)F)OCO2.I. The second kappa shape index (κ2) is 12.1. The van der Waals surface area contributed by atoms with Crippen LogP contribution in [-0.4, -0.2) is 44.0 Å². The third-order valence-corrected chi connectivity index (χ3v) is 5.22. The van der Waals surface area contributed by atoms with Crippen molar-refractivity contribution in [1.82, 2.24) is 15.6 Å². The van der Waals surface area contributed by atoms with Gasteiger partial charge in [-0.05, 0) is 43.5 Å². The molecule has 0 spiro atoms. The minimum atomic E-state index is -2.94. The zero-order valence-electron chi connectivity index (χ0n) is 18.4. The van der Waals surface area contributed by atoms with E-state index in [0.29, 0.717) is 36.1 Å². The number of rotatable bonds is 8. The lowest BCUT2D eigenvalue weighted by molar-refractivity contribution is -0.0505. The molecule has 1 saturated heterocycles. The molecule has 2 N–H and O–H groups in total. The van der Waals surface area contributed by atoms with Gasteiger partial charge in [-0.2, -0.15) is 8.78 Å². The number of halogens is 3. The van der Waals surface area contributed by atoms with E-state index < -0.39 is 6.61 Å². The first-order valence-corrected chi connectivity index (χ1v) is 10.7. The quantitative estimate of drug-likeness (QED) is 0.281. The number of pyridine rings is 1. The summed E-state index contributed by atoms with van der Waals surface area (Å²) in [6.45, 7) is 2.47. The van der Waals surface area contributed by atoms with Gasteiger partial charge in [-0.25, -0.2) is 9.98 Å². The lowest BCUT2D eigenvalue weighted by Gasteiger charge is -2.17. The molecule has 180 valence electrons. The van der Waals surface area contributed by atoms with E-state index >= 15 is 0 Å². The number of aromatic nitrogens is 1. The van der Waals surface area contributed by atoms with Crippen LogP contribution in [0.15, 0.2) is 35.5 Å². The van der Waals surface area contributed by atoms with E-state index in [4.69, 9.17) is 9.47 Å². The number of fused-ring (bicyclic) bond motifs is 1. The highest BCUT2D eigenvalue weighted by Crippen LogP contribution is 2.38. The van der Waals surface area contributed by atoms with Gasteiger partial charge in [-0.3, -0.25) is 0 Å². The molecule has 2 aliphatic heterocycles. The Kier molecular flexibility index (Phi) is 9.15. The second-order valence-corrected chi connectivity index (χ2v) is 7.46. The molecule has 0 aliphatic carbocycles. The standard InChI is InChI=1S/C22H27F2N5O3.HI/c1-2-25-22(27-12-15-5-6-26-20(9-15)29-7-3-4-8-29)28-13-16-10-18-19(31-14-30-18)11-17(16)32-21(23)24;/h5-6,9-11,21H,2-4,7-8,12-14H2,1H3,(H2,25,27,28);1H. The van der Waals surface area contributed by atoms with Crippen LogP contribution in [-0.2, 0) is 13.1 Å². The molecule has 0 bridgehead atoms. The van der Waals surface area contributed by atoms with Crippen molar-refractivity contribution in [2.45, 2.75) is 39.5 Å². The Morgan fingerprint density at radius 3 is 2.67 bits per heavy atom. The van der Waals surface area contributed by atoms with Crippen LogP contribution in [0.5, 0.6) is 17.2 Å². The van der Waals surface area contributed by atoms with Gasteiger partial charge in [-0.1, -0.05) is 0 Å². The van der Waals surface area contributed by atoms with E-state index in [2.05, 4.69) is 36.3 Å². The van der Waals surface area contributed by atoms with Crippen LogP contribution in [0.1, 0.15) is 30.9 Å². The van der Waals surface area contributed by atoms with E-state index in [1.165, 1.54) is 18.9 Å². The molecule has 11 heteroatoms. The molecule has 1 aromatic carbocycles. The third-order valence-electron chi connectivity index (χ3n) is 5.22. The van der Waals surface area contributed by atoms with Gasteiger partial charge < -0.3 is 29.7 Å². The number of aliphatic imine (C=N–C) groups is 1. The van der Waals surface area contributed by atoms with Crippen molar-refractivity contribution in [3.05, 3.63) is 41.6 Å². The minimum Gasteiger partial charge on any atom is -0.454 e. The maximum Gasteiger partial charge on any atom is 0.387 e. The summed E-state index contributed by atoms with van der Waals surface area (Å²) in [7, 11) is 0. The monoisotopic (exact) mass is 575 g/mol. The lowest BCUT2D eigenvalue weighted by Crippen LogP contribution is -2.36. The van der Waals surface area contributed by atoms with E-state index in [9.17, 15) is 8.78 Å². The predicted octanol–water partition coefficient (Wildman–Crippen LogP) is 3.89. The van der Waals surface area contributed by atoms with E-state index in [1.54, 1.807) is 12.3 Å². The Labute approximate surface area is 208 Å². The number of guanidine groups is 1. The molecule has 1 fully saturated rings. The molecule has 0 saturated carbocycles. The minimum absolute atomic E-state index is 0. The van der Waals surface area contributed by atoms with Crippen molar-refractivity contribution in [2.75, 3.05) is 31.3 Å². The van der Waals surface area contributed by atoms with Crippen molar-refractivity contribution < 1.29 is 23.0 Å². The predicted molar refractivity (Wildman–Crippen MR) is 132 cm³/mol. The molecule has 4 rings (SSSR count). The van der Waals surface area contributed by atoms with Crippen LogP contribution in [0.3, 0.4) is 0 Å². The van der Waals surface area contributed by atoms with E-state index in [-0.39, 0.29) is 43.1 Å². The Bertz CT molecular complexity index is 958. The molecule has 8 nitrogen and oxygen atoms in total. The van der Waals surface area contributed by atoms with Gasteiger partial charge in [0.15, 0.2) is 17.5 Å². The van der Waals surface area contributed by atoms with Crippen molar-refractivity contribution in [1.29, 1.82) is 0 Å². The summed E-state index contributed by atoms with van der Waals surface area (Å²) in [6, 6.07) is 7.07. The van der Waals surface area contributed by atoms with Gasteiger partial charge in [0, 0.05) is 44.0 Å². The van der Waals surface area contributed by atoms with Gasteiger partial charge in [0.05, 0.1) is 6.54 Å². The van der Waals surface area contributed by atoms with Crippen LogP contribution in [0, 0.1) is 0 Å². The summed E-state index contributed by atoms with van der Waals surface area (Å²) in [5.41, 5.74) is 1.56. The summed E-state index contributed by atoms with van der Waals surface area (Å²) in [4.78, 5) is 11.4. The number of anilines is 1. The van der Waals surface area contributed by atoms with Crippen molar-refractivity contribution in [3.63, 3.8) is 0 Å². The normalized spacial score (nSPS) is 14.9. The van der Waals surface area contributed by atoms with Crippen molar-refractivity contribution >= 4 is 35.8 Å². The first-order chi connectivity index (χ1) is 15.6. The Hall–Kier alpha value is -2.57. The smallest absolute Gasteiger partial charge is 0.387 e. The summed E-state index contributed by atoms with van der Waals surface area (Å²) >= 11 is 0. The fourth-order valence-electron chi connectivity index (χ4n) is 3.68. The highest BCUT2D eigenvalue weighted by Gasteiger charge is 2.20. The average molecular weight is 575 g/mol. The van der Waals surface area contributed by atoms with Crippen LogP contribution >= 0.6 is 24.0 Å². The largest absolute Gasteiger partial charge is 0.454 e. The summed E-state index contributed by atoms with van der Waals surface area (Å²) in [5, 5.41) is 6.35. The Morgan fingerprint density at radius 2 is 1.94 bits per heavy atom. The molecule has 2 aromatic rings. The second-order valence-electron chi connectivity index (χ2n) is 7.46. The van der Waals surface area contributed by atoms with Gasteiger partial charge in [0.1, 0.15) is 11.6 Å². The molecular formula is C22H28F2IN5O3. The molecule has 3 heterocycles. The van der Waals surface area contributed by atoms with Crippen LogP contribution in [0.2, 0.25) is 0 Å². The maximum atomic E-state index is 12.9. The molecule has 0 amide bonds. The zero-order chi connectivity index (χ0) is 22.3. The first kappa shape index (κ1) is 25.1. The zero-order valence-corrected chi connectivity index (χ0v) is 20.7. The number of hydrogen-bond acceptors (Lipinski definition) is 6. The van der Waals surface area contributed by atoms with Crippen LogP contribution in [0.4, 0.5) is 14.6 Å². The lowest BCUT2D eigenvalue weighted by atomic mass is 10.1. The third kappa shape index (κ3) is 6.71. The highest BCUT2D eigenvalue weighted by molar-refractivity contribution is 14.0. The Morgan fingerprint density at radius 1 is 1.18 bits per heavy atom. The van der Waals surface area contributed by atoms with Crippen molar-refractivity contribution in [2.24, 2.45) is 4.99 Å². The summed E-state index contributed by atoms with van der Waals surface area (Å²) in [6.07, 6.45) is 4.19. The molecule has 2 aliphatic rings. The molecule has 0 radical (unpaired) electrons. The summed E-state index contributed by atoms with van der Waals surface area (Å²) in [5.74, 6) is 2.46. The topological polar surface area (TPSA) is 80.2 Å². The molecule has 0 unspecified atom stereocenters. The highest BCUT2D eigenvalue weighted by atomic mass is 127. The Balaban J connectivity index is 0.00000306. The van der Waals surface area contributed by atoms with E-state index in [0.717, 1.165) is 24.5 Å². The maximum absolute atomic E-state index is 12.9. The fourth-order valence-corrected chi connectivity index (χ4v) is 3.68. The number of ether oxygens (including phenoxy) is 3. The molecular weight excluding hydrogens is 547 g/mol.